The molecule has 0 radical (unpaired) electrons. The molecule has 0 amide bonds. The highest BCUT2D eigenvalue weighted by Crippen LogP contribution is 2.32. The lowest BCUT2D eigenvalue weighted by atomic mass is 10.2. The molecule has 0 unspecified atom stereocenters. The Balaban J connectivity index is 1.74. The molecule has 164 valence electrons. The Morgan fingerprint density at radius 2 is 1.61 bits per heavy atom. The Morgan fingerprint density at radius 1 is 0.935 bits per heavy atom. The summed E-state index contributed by atoms with van der Waals surface area (Å²) in [4.78, 5) is 2.97. The highest BCUT2D eigenvalue weighted by atomic mass is 32.2. The topological polar surface area (TPSA) is 59.5 Å². The van der Waals surface area contributed by atoms with Gasteiger partial charge in [-0.25, -0.2) is 9.37 Å². The lowest BCUT2D eigenvalue weighted by Crippen LogP contribution is -2.24. The first kappa shape index (κ1) is 22.6. The van der Waals surface area contributed by atoms with E-state index < -0.39 is 42.8 Å². The van der Waals surface area contributed by atoms with Crippen molar-refractivity contribution in [2.45, 2.75) is 24.3 Å². The van der Waals surface area contributed by atoms with E-state index in [4.69, 9.17) is 4.74 Å². The number of anilines is 1. The molecule has 0 N–H and O–H groups in total. The maximum absolute atomic E-state index is 14.7. The van der Waals surface area contributed by atoms with Gasteiger partial charge in [0.15, 0.2) is 5.82 Å². The van der Waals surface area contributed by atoms with Crippen LogP contribution in [0.1, 0.15) is 16.8 Å². The second-order valence-corrected chi connectivity index (χ2v) is 8.09. The third-order valence-corrected chi connectivity index (χ3v) is 5.53. The number of rotatable bonds is 7. The van der Waals surface area contributed by atoms with Gasteiger partial charge < -0.3 is 4.74 Å². The van der Waals surface area contributed by atoms with Gasteiger partial charge in [0, 0.05) is 0 Å². The molecule has 11 heteroatoms. The molecule has 0 spiro atoms. The highest BCUT2D eigenvalue weighted by molar-refractivity contribution is 7.92. The zero-order valence-electron chi connectivity index (χ0n) is 15.7. The normalized spacial score (nSPS) is 12.0. The van der Waals surface area contributed by atoms with Crippen LogP contribution in [0.4, 0.5) is 27.9 Å². The van der Waals surface area contributed by atoms with Crippen molar-refractivity contribution in [2.75, 3.05) is 4.53 Å². The fraction of sp³-hybridized carbons (Fsp3) is 0.150. The van der Waals surface area contributed by atoms with Gasteiger partial charge in [-0.2, -0.15) is 21.6 Å². The molecule has 3 rings (SSSR count). The van der Waals surface area contributed by atoms with Crippen LogP contribution in [0.2, 0.25) is 0 Å². The van der Waals surface area contributed by atoms with Crippen molar-refractivity contribution in [2.24, 2.45) is 0 Å². The maximum Gasteiger partial charge on any atom is 0.416 e. The molecular formula is C20H15F5N2O3S. The Labute approximate surface area is 174 Å². The van der Waals surface area contributed by atoms with Crippen LogP contribution in [0.5, 0.6) is 0 Å². The van der Waals surface area contributed by atoms with Gasteiger partial charge in [-0.15, -0.1) is 0 Å². The molecule has 0 aliphatic heterocycles. The summed E-state index contributed by atoms with van der Waals surface area (Å²) in [5, 5.41) is 0. The molecule has 0 bridgehead atoms. The summed E-state index contributed by atoms with van der Waals surface area (Å²) < 4.78 is 95.7. The third-order valence-electron chi connectivity index (χ3n) is 4.07. The molecule has 0 aliphatic carbocycles. The largest absolute Gasteiger partial charge is 0.416 e. The number of halogens is 5. The quantitative estimate of drug-likeness (QED) is 0.368. The van der Waals surface area contributed by atoms with Crippen LogP contribution in [0, 0.1) is 5.82 Å². The molecule has 2 aromatic carbocycles. The number of pyridine rings is 1. The molecule has 5 nitrogen and oxygen atoms in total. The fourth-order valence-corrected chi connectivity index (χ4v) is 3.61. The predicted molar refractivity (Wildman–Crippen MR) is 101 cm³/mol. The van der Waals surface area contributed by atoms with Gasteiger partial charge >= 0.3 is 6.18 Å². The molecule has 0 atom stereocenters. The minimum atomic E-state index is -4.93. The third kappa shape index (κ3) is 5.56. The van der Waals surface area contributed by atoms with Crippen LogP contribution in [0.15, 0.2) is 71.6 Å². The van der Waals surface area contributed by atoms with E-state index in [1.807, 2.05) is 0 Å². The fourth-order valence-electron chi connectivity index (χ4n) is 2.55. The minimum Gasteiger partial charge on any atom is -0.370 e. The van der Waals surface area contributed by atoms with Gasteiger partial charge in [-0.3, -0.25) is 0 Å². The summed E-state index contributed by atoms with van der Waals surface area (Å²) in [6.45, 7) is -0.00325. The van der Waals surface area contributed by atoms with E-state index in [0.717, 1.165) is 18.2 Å². The van der Waals surface area contributed by atoms with Gasteiger partial charge in [0.25, 0.3) is 10.0 Å². The molecule has 31 heavy (non-hydrogen) atoms. The average Bonchev–Trinajstić information content (AvgIpc) is 2.74. The van der Waals surface area contributed by atoms with Crippen LogP contribution in [0.25, 0.3) is 0 Å². The Kier molecular flexibility index (Phi) is 6.56. The lowest BCUT2D eigenvalue weighted by molar-refractivity contribution is -0.137. The number of nitrogens with zero attached hydrogens (tertiary/aromatic N) is 2. The van der Waals surface area contributed by atoms with Gasteiger partial charge in [0.1, 0.15) is 5.82 Å². The molecule has 0 saturated carbocycles. The zero-order chi connectivity index (χ0) is 22.6. The lowest BCUT2D eigenvalue weighted by Gasteiger charge is -2.15. The van der Waals surface area contributed by atoms with Crippen LogP contribution in [-0.2, 0) is 34.2 Å². The monoisotopic (exact) mass is 458 g/mol. The highest BCUT2D eigenvalue weighted by Gasteiger charge is 2.33. The number of sulfonamides is 1. The van der Waals surface area contributed by atoms with Gasteiger partial charge in [0.2, 0.25) is 0 Å². The van der Waals surface area contributed by atoms with Gasteiger partial charge in [-0.1, -0.05) is 33.3 Å². The smallest absolute Gasteiger partial charge is 0.370 e. The molecule has 0 fully saturated rings. The van der Waals surface area contributed by atoms with Crippen molar-refractivity contribution in [1.29, 1.82) is 0 Å². The summed E-state index contributed by atoms with van der Waals surface area (Å²) in [5.41, 5.74) is -0.365. The van der Waals surface area contributed by atoms with Gasteiger partial charge in [0.05, 0.1) is 29.4 Å². The number of alkyl halides is 3. The number of hydrogen-bond acceptors (Lipinski definition) is 4. The number of benzene rings is 2. The first-order chi connectivity index (χ1) is 14.6. The van der Waals surface area contributed by atoms with Crippen molar-refractivity contribution >= 4 is 15.8 Å². The van der Waals surface area contributed by atoms with Gasteiger partial charge in [-0.05, 0) is 48.0 Å². The first-order valence-corrected chi connectivity index (χ1v) is 10.2. The minimum absolute atomic E-state index is 0.105. The standard InChI is InChI=1S/C20H15F5N2O3S/c21-16-9-7-14(8-10-16)12-30-13-17-4-2-6-19(26-17)27(25)31(28,29)18-5-1-3-15(11-18)20(22,23)24/h1-11H,12-13H2. The maximum atomic E-state index is 14.7. The zero-order valence-corrected chi connectivity index (χ0v) is 16.5. The van der Waals surface area contributed by atoms with Crippen molar-refractivity contribution in [3.8, 4) is 0 Å². The van der Waals surface area contributed by atoms with Crippen molar-refractivity contribution in [1.82, 2.24) is 4.98 Å². The predicted octanol–water partition coefficient (Wildman–Crippen LogP) is 5.04. The summed E-state index contributed by atoms with van der Waals surface area (Å²) in [6, 6.07) is 12.1. The van der Waals surface area contributed by atoms with E-state index in [1.165, 1.54) is 36.4 Å². The summed E-state index contributed by atoms with van der Waals surface area (Å²) in [6.07, 6.45) is -4.79. The van der Waals surface area contributed by atoms with Crippen LogP contribution >= 0.6 is 0 Å². The van der Waals surface area contributed by atoms with E-state index >= 15 is 0 Å². The van der Waals surface area contributed by atoms with Crippen LogP contribution < -0.4 is 4.53 Å². The SMILES string of the molecule is O=S(=O)(c1cccc(C(F)(F)F)c1)N(F)c1cccc(COCc2ccc(F)cc2)n1. The van der Waals surface area contributed by atoms with E-state index in [2.05, 4.69) is 4.98 Å². The second-order valence-electron chi connectivity index (χ2n) is 6.35. The summed E-state index contributed by atoms with van der Waals surface area (Å²) in [7, 11) is -4.93. The molecule has 1 heterocycles. The van der Waals surface area contributed by atoms with Crippen LogP contribution in [-0.4, -0.2) is 13.4 Å². The molecule has 3 aromatic rings. The summed E-state index contributed by atoms with van der Waals surface area (Å²) >= 11 is 0. The molecule has 1 aromatic heterocycles. The van der Waals surface area contributed by atoms with E-state index in [0.29, 0.717) is 17.7 Å². The van der Waals surface area contributed by atoms with E-state index in [9.17, 15) is 30.5 Å². The number of ether oxygens (including phenoxy) is 1. The molecule has 0 aliphatic rings. The molecular weight excluding hydrogens is 443 g/mol. The Morgan fingerprint density at radius 3 is 2.29 bits per heavy atom. The van der Waals surface area contributed by atoms with E-state index in [-0.39, 0.29) is 18.9 Å². The second kappa shape index (κ2) is 8.98. The Hall–Kier alpha value is -3.05. The van der Waals surface area contributed by atoms with Crippen molar-refractivity contribution in [3.05, 3.63) is 89.4 Å². The Bertz CT molecular complexity index is 1150. The first-order valence-electron chi connectivity index (χ1n) is 8.74. The van der Waals surface area contributed by atoms with Crippen molar-refractivity contribution in [3.63, 3.8) is 0 Å². The van der Waals surface area contributed by atoms with Crippen LogP contribution in [0.3, 0.4) is 0 Å². The number of aromatic nitrogens is 1. The summed E-state index contributed by atoms with van der Waals surface area (Å²) in [5.74, 6) is -1.04. The van der Waals surface area contributed by atoms with E-state index in [1.54, 1.807) is 0 Å². The number of hydrogen-bond donors (Lipinski definition) is 0. The molecule has 0 saturated heterocycles. The average molecular weight is 458 g/mol. The van der Waals surface area contributed by atoms with Crippen molar-refractivity contribution < 1.29 is 35.2 Å².